The van der Waals surface area contributed by atoms with E-state index in [2.05, 4.69) is 19.2 Å². The molecule has 6 heteroatoms. The van der Waals surface area contributed by atoms with Crippen LogP contribution < -0.4 is 11.1 Å². The number of allylic oxidation sites excluding steroid dienone is 1. The number of hydrogen-bond donors (Lipinski definition) is 2. The first-order valence-corrected chi connectivity index (χ1v) is 7.52. The molecule has 1 fully saturated rings. The standard InChI is InChI=1S/C15H26N2O4/c1-3-11(2)12(16)10-20-8-5-4-6-14(18)17-13-7-9-21-15(13)19/h5,8,11-13H,3-4,6-7,9-10,16H2,1-2H3,(H,17,18)/t11-,12?,13-/m0/s1. The molecule has 0 aliphatic carbocycles. The summed E-state index contributed by atoms with van der Waals surface area (Å²) in [6.07, 6.45) is 5.83. The maximum Gasteiger partial charge on any atom is 0.328 e. The van der Waals surface area contributed by atoms with Gasteiger partial charge in [0.2, 0.25) is 5.91 Å². The quantitative estimate of drug-likeness (QED) is 0.491. The minimum atomic E-state index is -0.480. The van der Waals surface area contributed by atoms with E-state index in [1.54, 1.807) is 12.3 Å². The first-order chi connectivity index (χ1) is 10.0. The van der Waals surface area contributed by atoms with Gasteiger partial charge in [-0.15, -0.1) is 0 Å². The van der Waals surface area contributed by atoms with Gasteiger partial charge in [0.15, 0.2) is 0 Å². The Morgan fingerprint density at radius 2 is 2.38 bits per heavy atom. The number of cyclic esters (lactones) is 1. The average molecular weight is 298 g/mol. The topological polar surface area (TPSA) is 90.7 Å². The molecule has 1 heterocycles. The van der Waals surface area contributed by atoms with E-state index in [4.69, 9.17) is 15.2 Å². The molecule has 120 valence electrons. The molecule has 0 spiro atoms. The Morgan fingerprint density at radius 1 is 1.62 bits per heavy atom. The molecular weight excluding hydrogens is 272 g/mol. The molecule has 0 radical (unpaired) electrons. The molecule has 1 saturated heterocycles. The minimum Gasteiger partial charge on any atom is -0.500 e. The number of rotatable bonds is 9. The molecule has 3 atom stereocenters. The fourth-order valence-electron chi connectivity index (χ4n) is 1.88. The van der Waals surface area contributed by atoms with Gasteiger partial charge in [-0.2, -0.15) is 0 Å². The van der Waals surface area contributed by atoms with Gasteiger partial charge in [0.1, 0.15) is 12.6 Å². The third-order valence-electron chi connectivity index (χ3n) is 3.66. The van der Waals surface area contributed by atoms with Gasteiger partial charge in [-0.25, -0.2) is 4.79 Å². The molecule has 1 rings (SSSR count). The van der Waals surface area contributed by atoms with Crippen molar-refractivity contribution in [2.24, 2.45) is 11.7 Å². The highest BCUT2D eigenvalue weighted by Crippen LogP contribution is 2.07. The zero-order valence-electron chi connectivity index (χ0n) is 12.8. The van der Waals surface area contributed by atoms with Gasteiger partial charge in [0, 0.05) is 18.9 Å². The summed E-state index contributed by atoms with van der Waals surface area (Å²) < 4.78 is 10.1. The largest absolute Gasteiger partial charge is 0.500 e. The fourth-order valence-corrected chi connectivity index (χ4v) is 1.88. The van der Waals surface area contributed by atoms with Gasteiger partial charge >= 0.3 is 5.97 Å². The Hall–Kier alpha value is -1.56. The summed E-state index contributed by atoms with van der Waals surface area (Å²) >= 11 is 0. The van der Waals surface area contributed by atoms with E-state index in [0.29, 0.717) is 38.4 Å². The average Bonchev–Trinajstić information content (AvgIpc) is 2.86. The first-order valence-electron chi connectivity index (χ1n) is 7.52. The molecular formula is C15H26N2O4. The van der Waals surface area contributed by atoms with E-state index in [9.17, 15) is 9.59 Å². The Morgan fingerprint density at radius 3 is 3.00 bits per heavy atom. The van der Waals surface area contributed by atoms with E-state index < -0.39 is 6.04 Å². The maximum absolute atomic E-state index is 11.6. The van der Waals surface area contributed by atoms with Crippen LogP contribution in [0.5, 0.6) is 0 Å². The van der Waals surface area contributed by atoms with E-state index >= 15 is 0 Å². The normalized spacial score (nSPS) is 21.1. The van der Waals surface area contributed by atoms with Crippen LogP contribution in [-0.2, 0) is 19.1 Å². The number of carbonyl (C=O) groups is 2. The summed E-state index contributed by atoms with van der Waals surface area (Å²) in [6.45, 7) is 5.05. The third-order valence-corrected chi connectivity index (χ3v) is 3.66. The molecule has 0 saturated carbocycles. The van der Waals surface area contributed by atoms with Crippen LogP contribution in [0.1, 0.15) is 39.5 Å². The predicted molar refractivity (Wildman–Crippen MR) is 79.3 cm³/mol. The lowest BCUT2D eigenvalue weighted by molar-refractivity contribution is -0.141. The van der Waals surface area contributed by atoms with Gasteiger partial charge < -0.3 is 20.5 Å². The smallest absolute Gasteiger partial charge is 0.328 e. The summed E-state index contributed by atoms with van der Waals surface area (Å²) in [4.78, 5) is 22.8. The predicted octanol–water partition coefficient (Wildman–Crippen LogP) is 1.10. The second kappa shape index (κ2) is 9.39. The Kier molecular flexibility index (Phi) is 7.82. The maximum atomic E-state index is 11.6. The lowest BCUT2D eigenvalue weighted by Gasteiger charge is -2.17. The molecule has 1 amide bonds. The summed E-state index contributed by atoms with van der Waals surface area (Å²) in [5, 5.41) is 2.65. The molecule has 0 aromatic carbocycles. The molecule has 0 aromatic rings. The van der Waals surface area contributed by atoms with E-state index in [1.807, 2.05) is 0 Å². The van der Waals surface area contributed by atoms with Crippen molar-refractivity contribution in [3.8, 4) is 0 Å². The van der Waals surface area contributed by atoms with Gasteiger partial charge in [-0.05, 0) is 18.4 Å². The van der Waals surface area contributed by atoms with E-state index in [-0.39, 0.29) is 17.9 Å². The van der Waals surface area contributed by atoms with Crippen molar-refractivity contribution < 1.29 is 19.1 Å². The number of carbonyl (C=O) groups excluding carboxylic acids is 2. The van der Waals surface area contributed by atoms with Crippen molar-refractivity contribution in [3.05, 3.63) is 12.3 Å². The first kappa shape index (κ1) is 17.5. The van der Waals surface area contributed by atoms with Gasteiger partial charge in [-0.1, -0.05) is 20.3 Å². The van der Waals surface area contributed by atoms with E-state index in [0.717, 1.165) is 6.42 Å². The van der Waals surface area contributed by atoms with Crippen molar-refractivity contribution in [2.45, 2.75) is 51.6 Å². The molecule has 6 nitrogen and oxygen atoms in total. The lowest BCUT2D eigenvalue weighted by Crippen LogP contribution is -2.37. The van der Waals surface area contributed by atoms with Crippen LogP contribution in [-0.4, -0.2) is 37.2 Å². The van der Waals surface area contributed by atoms with Crippen molar-refractivity contribution in [3.63, 3.8) is 0 Å². The SMILES string of the molecule is CC[C@H](C)C(N)COC=CCCC(=O)N[C@H]1CCOC1=O. The van der Waals surface area contributed by atoms with Crippen LogP contribution in [0.25, 0.3) is 0 Å². The van der Waals surface area contributed by atoms with Gasteiger partial charge in [0.05, 0.1) is 12.9 Å². The highest BCUT2D eigenvalue weighted by atomic mass is 16.5. The van der Waals surface area contributed by atoms with Crippen molar-refractivity contribution in [1.29, 1.82) is 0 Å². The number of amides is 1. The van der Waals surface area contributed by atoms with Crippen molar-refractivity contribution in [1.82, 2.24) is 5.32 Å². The highest BCUT2D eigenvalue weighted by Gasteiger charge is 2.27. The summed E-state index contributed by atoms with van der Waals surface area (Å²) in [6, 6.07) is -0.456. The summed E-state index contributed by atoms with van der Waals surface area (Å²) in [7, 11) is 0. The summed E-state index contributed by atoms with van der Waals surface area (Å²) in [5.41, 5.74) is 5.93. The third kappa shape index (κ3) is 6.62. The van der Waals surface area contributed by atoms with Crippen molar-refractivity contribution >= 4 is 11.9 Å². The highest BCUT2D eigenvalue weighted by molar-refractivity contribution is 5.85. The zero-order valence-corrected chi connectivity index (χ0v) is 12.8. The van der Waals surface area contributed by atoms with Crippen LogP contribution >= 0.6 is 0 Å². The molecule has 1 aliphatic rings. The molecule has 21 heavy (non-hydrogen) atoms. The van der Waals surface area contributed by atoms with Crippen LogP contribution in [0.15, 0.2) is 12.3 Å². The van der Waals surface area contributed by atoms with Crippen LogP contribution in [0, 0.1) is 5.92 Å². The minimum absolute atomic E-state index is 0.0244. The van der Waals surface area contributed by atoms with Crippen LogP contribution in [0.2, 0.25) is 0 Å². The monoisotopic (exact) mass is 298 g/mol. The number of nitrogens with two attached hydrogens (primary N) is 1. The number of esters is 1. The van der Waals surface area contributed by atoms with E-state index in [1.165, 1.54) is 0 Å². The molecule has 1 aliphatic heterocycles. The van der Waals surface area contributed by atoms with Crippen LogP contribution in [0.4, 0.5) is 0 Å². The molecule has 1 unspecified atom stereocenters. The fraction of sp³-hybridized carbons (Fsp3) is 0.733. The second-order valence-electron chi connectivity index (χ2n) is 5.37. The van der Waals surface area contributed by atoms with Gasteiger partial charge in [-0.3, -0.25) is 4.79 Å². The number of nitrogens with one attached hydrogen (secondary N) is 1. The second-order valence-corrected chi connectivity index (χ2v) is 5.37. The molecule has 3 N–H and O–H groups in total. The number of hydrogen-bond acceptors (Lipinski definition) is 5. The van der Waals surface area contributed by atoms with Crippen molar-refractivity contribution in [2.75, 3.05) is 13.2 Å². The Bertz CT molecular complexity index is 371. The number of ether oxygens (including phenoxy) is 2. The Balaban J connectivity index is 2.08. The summed E-state index contributed by atoms with van der Waals surface area (Å²) in [5.74, 6) is -0.0728. The van der Waals surface area contributed by atoms with Crippen LogP contribution in [0.3, 0.4) is 0 Å². The van der Waals surface area contributed by atoms with Gasteiger partial charge in [0.25, 0.3) is 0 Å². The molecule has 0 aromatic heterocycles. The zero-order chi connectivity index (χ0) is 15.7. The molecule has 0 bridgehead atoms. The lowest BCUT2D eigenvalue weighted by atomic mass is 10.0. The Labute approximate surface area is 126 Å².